The maximum absolute atomic E-state index is 5.39. The quantitative estimate of drug-likeness (QED) is 0.856. The van der Waals surface area contributed by atoms with Gasteiger partial charge in [-0.15, -0.1) is 0 Å². The number of hydrogen-bond acceptors (Lipinski definition) is 3. The maximum atomic E-state index is 5.39. The van der Waals surface area contributed by atoms with Crippen LogP contribution in [-0.4, -0.2) is 50.1 Å². The number of rotatable bonds is 4. The van der Waals surface area contributed by atoms with E-state index in [-0.39, 0.29) is 0 Å². The van der Waals surface area contributed by atoms with Gasteiger partial charge in [-0.25, -0.2) is 0 Å². The van der Waals surface area contributed by atoms with Crippen LogP contribution in [0.25, 0.3) is 0 Å². The molecular weight excluding hydrogens is 258 g/mol. The third-order valence-corrected chi connectivity index (χ3v) is 4.03. The lowest BCUT2D eigenvalue weighted by Gasteiger charge is -2.33. The zero-order chi connectivity index (χ0) is 15.1. The van der Waals surface area contributed by atoms with Gasteiger partial charge in [-0.3, -0.25) is 4.90 Å². The highest BCUT2D eigenvalue weighted by molar-refractivity contribution is 5.36. The molecule has 0 bridgehead atoms. The van der Waals surface area contributed by atoms with Crippen molar-refractivity contribution < 1.29 is 0 Å². The highest BCUT2D eigenvalue weighted by atomic mass is 15.1. The summed E-state index contributed by atoms with van der Waals surface area (Å²) in [6, 6.07) is 8.56. The maximum Gasteiger partial charge on any atom is 0.0555 e. The average Bonchev–Trinajstić information content (AvgIpc) is 2.48. The predicted molar refractivity (Wildman–Crippen MR) is 88.9 cm³/mol. The molecule has 21 heavy (non-hydrogen) atoms. The van der Waals surface area contributed by atoms with Crippen molar-refractivity contribution in [3.05, 3.63) is 35.4 Å². The minimum atomic E-state index is 0.420. The van der Waals surface area contributed by atoms with Crippen LogP contribution in [0.15, 0.2) is 24.3 Å². The van der Waals surface area contributed by atoms with Gasteiger partial charge in [0.05, 0.1) is 6.54 Å². The van der Waals surface area contributed by atoms with Crippen LogP contribution in [0, 0.1) is 17.8 Å². The summed E-state index contributed by atoms with van der Waals surface area (Å²) in [6.07, 6.45) is 2.64. The molecule has 0 aromatic heterocycles. The molecule has 0 amide bonds. The van der Waals surface area contributed by atoms with Crippen molar-refractivity contribution in [1.82, 2.24) is 9.80 Å². The predicted octanol–water partition coefficient (Wildman–Crippen LogP) is 1.77. The molecule has 0 unspecified atom stereocenters. The molecule has 1 aliphatic heterocycles. The highest BCUT2D eigenvalue weighted by Crippen LogP contribution is 2.19. The van der Waals surface area contributed by atoms with E-state index in [9.17, 15) is 0 Å². The van der Waals surface area contributed by atoms with E-state index in [4.69, 9.17) is 5.73 Å². The van der Waals surface area contributed by atoms with Crippen LogP contribution in [-0.2, 0) is 6.54 Å². The molecule has 0 radical (unpaired) electrons. The van der Waals surface area contributed by atoms with E-state index in [0.717, 1.165) is 18.0 Å². The molecule has 3 nitrogen and oxygen atoms in total. The second kappa shape index (κ2) is 8.19. The number of hydrogen-bond donors (Lipinski definition) is 1. The first-order valence-electron chi connectivity index (χ1n) is 7.82. The Kier molecular flexibility index (Phi) is 6.25. The molecule has 1 heterocycles. The minimum absolute atomic E-state index is 0.420. The van der Waals surface area contributed by atoms with Gasteiger partial charge in [-0.05, 0) is 63.6 Å². The minimum Gasteiger partial charge on any atom is -0.320 e. The second-order valence-corrected chi connectivity index (χ2v) is 6.18. The van der Waals surface area contributed by atoms with Gasteiger partial charge in [0, 0.05) is 18.7 Å². The molecule has 1 aromatic carbocycles. The van der Waals surface area contributed by atoms with Gasteiger partial charge in [-0.2, -0.15) is 0 Å². The summed E-state index contributed by atoms with van der Waals surface area (Å²) in [6.45, 7) is 5.13. The summed E-state index contributed by atoms with van der Waals surface area (Å²) in [7, 11) is 4.34. The molecule has 0 atom stereocenters. The molecule has 1 fully saturated rings. The lowest BCUT2D eigenvalue weighted by atomic mass is 9.96. The Morgan fingerprint density at radius 1 is 1.19 bits per heavy atom. The Bertz CT molecular complexity index is 473. The second-order valence-electron chi connectivity index (χ2n) is 6.18. The Balaban J connectivity index is 1.80. The molecule has 1 aromatic rings. The highest BCUT2D eigenvalue weighted by Gasteiger charge is 2.19. The van der Waals surface area contributed by atoms with Crippen LogP contribution in [0.5, 0.6) is 0 Å². The van der Waals surface area contributed by atoms with Crippen molar-refractivity contribution in [3.63, 3.8) is 0 Å². The number of benzene rings is 1. The molecule has 1 saturated heterocycles. The summed E-state index contributed by atoms with van der Waals surface area (Å²) in [5.74, 6) is 6.82. The van der Waals surface area contributed by atoms with Gasteiger partial charge in [0.2, 0.25) is 0 Å². The lowest BCUT2D eigenvalue weighted by Crippen LogP contribution is -2.36. The van der Waals surface area contributed by atoms with Crippen molar-refractivity contribution in [2.45, 2.75) is 19.4 Å². The van der Waals surface area contributed by atoms with E-state index >= 15 is 0 Å². The fourth-order valence-corrected chi connectivity index (χ4v) is 2.95. The first kappa shape index (κ1) is 16.0. The summed E-state index contributed by atoms with van der Waals surface area (Å²) >= 11 is 0. The van der Waals surface area contributed by atoms with E-state index < -0.39 is 0 Å². The average molecular weight is 285 g/mol. The van der Waals surface area contributed by atoms with Crippen molar-refractivity contribution in [2.24, 2.45) is 11.7 Å². The van der Waals surface area contributed by atoms with Gasteiger partial charge in [-0.1, -0.05) is 24.0 Å². The van der Waals surface area contributed by atoms with Crippen molar-refractivity contribution in [2.75, 3.05) is 40.3 Å². The van der Waals surface area contributed by atoms with Crippen LogP contribution >= 0.6 is 0 Å². The summed E-state index contributed by atoms with van der Waals surface area (Å²) < 4.78 is 0. The summed E-state index contributed by atoms with van der Waals surface area (Å²) in [5, 5.41) is 0. The molecule has 2 N–H and O–H groups in total. The van der Waals surface area contributed by atoms with Gasteiger partial charge in [0.25, 0.3) is 0 Å². The number of likely N-dealkylation sites (tertiary alicyclic amines) is 1. The molecule has 0 saturated carbocycles. The number of nitrogens with zero attached hydrogens (tertiary/aromatic N) is 2. The molecular formula is C18H27N3. The first-order valence-corrected chi connectivity index (χ1v) is 7.82. The Morgan fingerprint density at radius 3 is 2.43 bits per heavy atom. The molecule has 1 aliphatic rings. The largest absolute Gasteiger partial charge is 0.320 e. The van der Waals surface area contributed by atoms with Crippen LogP contribution in [0.1, 0.15) is 24.0 Å². The van der Waals surface area contributed by atoms with Crippen LogP contribution < -0.4 is 5.73 Å². The molecule has 0 aliphatic carbocycles. The number of piperidine rings is 1. The van der Waals surface area contributed by atoms with Gasteiger partial charge >= 0.3 is 0 Å². The fourth-order valence-electron chi connectivity index (χ4n) is 2.95. The summed E-state index contributed by atoms with van der Waals surface area (Å²) in [5.41, 5.74) is 7.81. The van der Waals surface area contributed by atoms with E-state index in [0.29, 0.717) is 6.54 Å². The normalized spacial score (nSPS) is 16.8. The lowest BCUT2D eigenvalue weighted by molar-refractivity contribution is 0.157. The van der Waals surface area contributed by atoms with Crippen molar-refractivity contribution in [3.8, 4) is 11.8 Å². The van der Waals surface area contributed by atoms with Gasteiger partial charge < -0.3 is 10.6 Å². The topological polar surface area (TPSA) is 32.5 Å². The molecule has 3 heteroatoms. The fraction of sp³-hybridized carbons (Fsp3) is 0.556. The van der Waals surface area contributed by atoms with Crippen LogP contribution in [0.4, 0.5) is 0 Å². The first-order chi connectivity index (χ1) is 10.2. The number of nitrogens with two attached hydrogens (primary N) is 1. The van der Waals surface area contributed by atoms with Gasteiger partial charge in [0.15, 0.2) is 0 Å². The monoisotopic (exact) mass is 285 g/mol. The molecule has 2 rings (SSSR count). The zero-order valence-corrected chi connectivity index (χ0v) is 13.3. The molecule has 114 valence electrons. The smallest absolute Gasteiger partial charge is 0.0555 e. The third-order valence-electron chi connectivity index (χ3n) is 4.03. The van der Waals surface area contributed by atoms with E-state index in [1.807, 2.05) is 0 Å². The molecule has 0 spiro atoms. The Hall–Kier alpha value is -1.34. The Labute approximate surface area is 129 Å². The SMILES string of the molecule is CN(C)CC1CCN(Cc2ccc(C#CCN)cc2)CC1. The van der Waals surface area contributed by atoms with Crippen LogP contribution in [0.2, 0.25) is 0 Å². The van der Waals surface area contributed by atoms with E-state index in [2.05, 4.69) is 60.0 Å². The Morgan fingerprint density at radius 2 is 1.86 bits per heavy atom. The van der Waals surface area contributed by atoms with Crippen molar-refractivity contribution >= 4 is 0 Å². The summed E-state index contributed by atoms with van der Waals surface area (Å²) in [4.78, 5) is 4.87. The van der Waals surface area contributed by atoms with Gasteiger partial charge in [0.1, 0.15) is 0 Å². The third kappa shape index (κ3) is 5.51. The van der Waals surface area contributed by atoms with Crippen molar-refractivity contribution in [1.29, 1.82) is 0 Å². The standard InChI is InChI=1S/C18H27N3/c1-20(2)14-18-9-12-21(13-10-18)15-17-7-5-16(6-8-17)4-3-11-19/h5-8,18H,9-15,19H2,1-2H3. The van der Waals surface area contributed by atoms with Crippen LogP contribution in [0.3, 0.4) is 0 Å². The zero-order valence-electron chi connectivity index (χ0n) is 13.3. The van der Waals surface area contributed by atoms with E-state index in [1.54, 1.807) is 0 Å². The van der Waals surface area contributed by atoms with E-state index in [1.165, 1.54) is 38.0 Å².